The molecule has 0 aliphatic carbocycles. The fourth-order valence-electron chi connectivity index (χ4n) is 2.92. The van der Waals surface area contributed by atoms with Gasteiger partial charge in [-0.05, 0) is 38.5 Å². The summed E-state index contributed by atoms with van der Waals surface area (Å²) in [7, 11) is 0. The maximum Gasteiger partial charge on any atom is 0.0595 e. The van der Waals surface area contributed by atoms with E-state index < -0.39 is 0 Å². The summed E-state index contributed by atoms with van der Waals surface area (Å²) >= 11 is 12.1. The van der Waals surface area contributed by atoms with Gasteiger partial charge in [-0.1, -0.05) is 29.3 Å². The van der Waals surface area contributed by atoms with Gasteiger partial charge in [-0.2, -0.15) is 0 Å². The van der Waals surface area contributed by atoms with E-state index in [4.69, 9.17) is 28.9 Å². The van der Waals surface area contributed by atoms with Crippen molar-refractivity contribution in [2.45, 2.75) is 32.4 Å². The van der Waals surface area contributed by atoms with Crippen LogP contribution in [0.4, 0.5) is 0 Å². The lowest BCUT2D eigenvalue weighted by Crippen LogP contribution is -2.54. The third-order valence-corrected chi connectivity index (χ3v) is 4.99. The molecule has 21 heavy (non-hydrogen) atoms. The first kappa shape index (κ1) is 17.0. The highest BCUT2D eigenvalue weighted by Crippen LogP contribution is 2.29. The Labute approximate surface area is 138 Å². The first-order valence-corrected chi connectivity index (χ1v) is 8.22. The zero-order valence-corrected chi connectivity index (χ0v) is 14.6. The summed E-state index contributed by atoms with van der Waals surface area (Å²) in [6, 6.07) is 6.04. The molecule has 0 spiro atoms. The molecule has 0 aromatic heterocycles. The van der Waals surface area contributed by atoms with Crippen molar-refractivity contribution in [1.82, 2.24) is 9.80 Å². The molecule has 1 aliphatic heterocycles. The van der Waals surface area contributed by atoms with Crippen LogP contribution in [-0.4, -0.2) is 48.1 Å². The molecule has 1 aliphatic rings. The zero-order valence-electron chi connectivity index (χ0n) is 13.1. The van der Waals surface area contributed by atoms with Gasteiger partial charge in [-0.3, -0.25) is 9.80 Å². The van der Waals surface area contributed by atoms with Gasteiger partial charge in [0.15, 0.2) is 0 Å². The number of piperazine rings is 1. The largest absolute Gasteiger partial charge is 0.329 e. The molecule has 0 bridgehead atoms. The van der Waals surface area contributed by atoms with Gasteiger partial charge in [0.2, 0.25) is 0 Å². The minimum Gasteiger partial charge on any atom is -0.329 e. The maximum atomic E-state index is 6.14. The van der Waals surface area contributed by atoms with E-state index in [-0.39, 0.29) is 11.6 Å². The van der Waals surface area contributed by atoms with Crippen molar-refractivity contribution in [1.29, 1.82) is 0 Å². The van der Waals surface area contributed by atoms with Gasteiger partial charge >= 0.3 is 0 Å². The third-order valence-electron chi connectivity index (χ3n) is 4.26. The molecule has 1 saturated heterocycles. The van der Waals surface area contributed by atoms with Crippen LogP contribution in [0.5, 0.6) is 0 Å². The summed E-state index contributed by atoms with van der Waals surface area (Å²) < 4.78 is 0. The predicted molar refractivity (Wildman–Crippen MR) is 91.2 cm³/mol. The van der Waals surface area contributed by atoms with Crippen LogP contribution in [0.15, 0.2) is 18.2 Å². The number of halogens is 2. The second-order valence-corrected chi connectivity index (χ2v) is 7.43. The molecule has 1 atom stereocenters. The van der Waals surface area contributed by atoms with E-state index in [1.54, 1.807) is 0 Å². The molecule has 118 valence electrons. The molecule has 0 saturated carbocycles. The van der Waals surface area contributed by atoms with Gasteiger partial charge in [-0.25, -0.2) is 0 Å². The van der Waals surface area contributed by atoms with Crippen molar-refractivity contribution < 1.29 is 0 Å². The Morgan fingerprint density at radius 3 is 2.19 bits per heavy atom. The Balaban J connectivity index is 2.07. The minimum absolute atomic E-state index is 0.210. The van der Waals surface area contributed by atoms with E-state index >= 15 is 0 Å². The second kappa shape index (κ2) is 6.84. The van der Waals surface area contributed by atoms with Crippen LogP contribution in [0, 0.1) is 0 Å². The summed E-state index contributed by atoms with van der Waals surface area (Å²) in [6.45, 7) is 11.6. The molecule has 0 radical (unpaired) electrons. The summed E-state index contributed by atoms with van der Waals surface area (Å²) in [5.41, 5.74) is 7.39. The first-order chi connectivity index (χ1) is 9.82. The Kier molecular flexibility index (Phi) is 5.55. The van der Waals surface area contributed by atoms with Gasteiger partial charge in [0, 0.05) is 44.3 Å². The maximum absolute atomic E-state index is 6.14. The summed E-state index contributed by atoms with van der Waals surface area (Å²) in [5, 5.41) is 1.19. The topological polar surface area (TPSA) is 32.5 Å². The summed E-state index contributed by atoms with van der Waals surface area (Å²) in [5.74, 6) is 0. The van der Waals surface area contributed by atoms with E-state index in [0.717, 1.165) is 31.7 Å². The van der Waals surface area contributed by atoms with Gasteiger partial charge in [0.05, 0.1) is 10.0 Å². The van der Waals surface area contributed by atoms with Crippen molar-refractivity contribution in [3.8, 4) is 0 Å². The Bertz CT molecular complexity index is 477. The van der Waals surface area contributed by atoms with Crippen LogP contribution in [0.2, 0.25) is 10.0 Å². The average Bonchev–Trinajstić information content (AvgIpc) is 2.43. The number of hydrogen-bond donors (Lipinski definition) is 1. The fourth-order valence-corrected chi connectivity index (χ4v) is 3.23. The lowest BCUT2D eigenvalue weighted by molar-refractivity contribution is 0.0433. The van der Waals surface area contributed by atoms with E-state index in [2.05, 4.69) is 30.6 Å². The van der Waals surface area contributed by atoms with E-state index in [9.17, 15) is 0 Å². The number of nitrogens with two attached hydrogens (primary N) is 1. The van der Waals surface area contributed by atoms with Crippen LogP contribution < -0.4 is 5.73 Å². The Hall–Kier alpha value is -0.320. The molecule has 1 aromatic rings. The smallest absolute Gasteiger partial charge is 0.0595 e. The van der Waals surface area contributed by atoms with Crippen LogP contribution in [0.25, 0.3) is 0 Å². The number of hydrogen-bond acceptors (Lipinski definition) is 3. The lowest BCUT2D eigenvalue weighted by atomic mass is 10.0. The van der Waals surface area contributed by atoms with E-state index in [0.29, 0.717) is 16.6 Å². The fraction of sp³-hybridized carbons (Fsp3) is 0.625. The molecule has 1 aromatic carbocycles. The summed E-state index contributed by atoms with van der Waals surface area (Å²) in [6.07, 6.45) is 0. The van der Waals surface area contributed by atoms with Crippen LogP contribution in [0.1, 0.15) is 32.4 Å². The van der Waals surface area contributed by atoms with Gasteiger partial charge in [0.25, 0.3) is 0 Å². The van der Waals surface area contributed by atoms with E-state index in [1.165, 1.54) is 0 Å². The van der Waals surface area contributed by atoms with Crippen LogP contribution >= 0.6 is 23.2 Å². The SMILES string of the molecule is CC(C)(C)N1CCN(C(CN)c2ccc(Cl)c(Cl)c2)CC1. The number of benzene rings is 1. The third kappa shape index (κ3) is 4.11. The quantitative estimate of drug-likeness (QED) is 0.922. The number of rotatable bonds is 3. The molecule has 3 nitrogen and oxygen atoms in total. The highest BCUT2D eigenvalue weighted by Gasteiger charge is 2.29. The van der Waals surface area contributed by atoms with Crippen molar-refractivity contribution in [3.05, 3.63) is 33.8 Å². The monoisotopic (exact) mass is 329 g/mol. The Morgan fingerprint density at radius 2 is 1.71 bits per heavy atom. The zero-order chi connectivity index (χ0) is 15.6. The predicted octanol–water partition coefficient (Wildman–Crippen LogP) is 3.41. The molecule has 2 rings (SSSR count). The minimum atomic E-state index is 0.210. The first-order valence-electron chi connectivity index (χ1n) is 7.47. The standard InChI is InChI=1S/C16H25Cl2N3/c1-16(2,3)21-8-6-20(7-9-21)15(11-19)12-4-5-13(17)14(18)10-12/h4-5,10,15H,6-9,11,19H2,1-3H3. The highest BCUT2D eigenvalue weighted by molar-refractivity contribution is 6.42. The second-order valence-electron chi connectivity index (χ2n) is 6.62. The molecule has 5 heteroatoms. The summed E-state index contributed by atoms with van der Waals surface area (Å²) in [4.78, 5) is 4.97. The van der Waals surface area contributed by atoms with Crippen molar-refractivity contribution in [2.75, 3.05) is 32.7 Å². The van der Waals surface area contributed by atoms with Gasteiger partial charge < -0.3 is 5.73 Å². The average molecular weight is 330 g/mol. The van der Waals surface area contributed by atoms with Gasteiger partial charge in [0.1, 0.15) is 0 Å². The van der Waals surface area contributed by atoms with Gasteiger partial charge in [-0.15, -0.1) is 0 Å². The van der Waals surface area contributed by atoms with Crippen LogP contribution in [0.3, 0.4) is 0 Å². The normalized spacial score (nSPS) is 19.7. The molecule has 1 unspecified atom stereocenters. The van der Waals surface area contributed by atoms with Crippen LogP contribution in [-0.2, 0) is 0 Å². The molecular weight excluding hydrogens is 305 g/mol. The van der Waals surface area contributed by atoms with Crippen molar-refractivity contribution in [2.24, 2.45) is 5.73 Å². The molecule has 2 N–H and O–H groups in total. The Morgan fingerprint density at radius 1 is 1.10 bits per heavy atom. The molecule has 1 fully saturated rings. The molecule has 0 amide bonds. The van der Waals surface area contributed by atoms with Crippen molar-refractivity contribution >= 4 is 23.2 Å². The van der Waals surface area contributed by atoms with E-state index in [1.807, 2.05) is 18.2 Å². The highest BCUT2D eigenvalue weighted by atomic mass is 35.5. The molecular formula is C16H25Cl2N3. The molecule has 1 heterocycles. The van der Waals surface area contributed by atoms with Crippen molar-refractivity contribution in [3.63, 3.8) is 0 Å². The lowest BCUT2D eigenvalue weighted by Gasteiger charge is -2.44. The number of nitrogens with zero attached hydrogens (tertiary/aromatic N) is 2.